The Hall–Kier alpha value is -3.28. The Morgan fingerprint density at radius 2 is 1.54 bits per heavy atom. The van der Waals surface area contributed by atoms with Crippen LogP contribution in [0.15, 0.2) is 48.8 Å². The molecule has 0 saturated heterocycles. The van der Waals surface area contributed by atoms with Crippen LogP contribution in [0.3, 0.4) is 0 Å². The molecule has 0 atom stereocenters. The van der Waals surface area contributed by atoms with Crippen molar-refractivity contribution >= 4 is 24.1 Å². The van der Waals surface area contributed by atoms with Gasteiger partial charge in [0.05, 0.1) is 18.0 Å². The van der Waals surface area contributed by atoms with E-state index in [9.17, 15) is 9.59 Å². The van der Waals surface area contributed by atoms with Gasteiger partial charge in [0.15, 0.2) is 0 Å². The van der Waals surface area contributed by atoms with Crippen molar-refractivity contribution in [1.29, 1.82) is 0 Å². The monoisotopic (exact) mass is 324 g/mol. The summed E-state index contributed by atoms with van der Waals surface area (Å²) in [6.07, 6.45) is 8.70. The van der Waals surface area contributed by atoms with Crippen LogP contribution >= 0.6 is 0 Å². The number of carboxylic acid groups (broad SMARTS) is 1. The number of aromatic nitrogens is 2. The van der Waals surface area contributed by atoms with Gasteiger partial charge in [-0.05, 0) is 42.3 Å². The minimum absolute atomic E-state index is 0.337. The van der Waals surface area contributed by atoms with Crippen molar-refractivity contribution in [2.45, 2.75) is 6.92 Å². The second kappa shape index (κ2) is 8.38. The van der Waals surface area contributed by atoms with Crippen molar-refractivity contribution in [3.8, 4) is 11.4 Å². The molecule has 1 N–H and O–H groups in total. The molecule has 0 saturated carbocycles. The summed E-state index contributed by atoms with van der Waals surface area (Å²) in [6, 6.07) is 7.13. The third kappa shape index (κ3) is 5.17. The quantitative estimate of drug-likeness (QED) is 0.649. The molecule has 0 unspecified atom stereocenters. The summed E-state index contributed by atoms with van der Waals surface area (Å²) < 4.78 is 4.80. The topological polar surface area (TPSA) is 89.4 Å². The molecule has 122 valence electrons. The number of rotatable bonds is 6. The summed E-state index contributed by atoms with van der Waals surface area (Å²) in [5.41, 5.74) is 2.81. The van der Waals surface area contributed by atoms with Crippen LogP contribution in [-0.2, 0) is 14.3 Å². The van der Waals surface area contributed by atoms with E-state index in [0.29, 0.717) is 23.6 Å². The molecule has 2 rings (SSSR count). The predicted octanol–water partition coefficient (Wildman–Crippen LogP) is 2.82. The zero-order chi connectivity index (χ0) is 17.4. The first kappa shape index (κ1) is 17.1. The minimum Gasteiger partial charge on any atom is -0.478 e. The standard InChI is InChI=1S/C18H16N2O4/c1-2-24-18(23)10-6-14-4-8-16(20-12-14)15-7-3-13(11-19-15)5-9-17(21)22/h3-12H,2H2,1H3,(H,21,22). The summed E-state index contributed by atoms with van der Waals surface area (Å²) in [4.78, 5) is 30.3. The highest BCUT2D eigenvalue weighted by Gasteiger charge is 2.01. The van der Waals surface area contributed by atoms with E-state index in [4.69, 9.17) is 9.84 Å². The number of hydrogen-bond donors (Lipinski definition) is 1. The van der Waals surface area contributed by atoms with E-state index in [1.54, 1.807) is 43.6 Å². The number of ether oxygens (including phenoxy) is 1. The second-order valence-corrected chi connectivity index (χ2v) is 4.71. The van der Waals surface area contributed by atoms with Crippen molar-refractivity contribution < 1.29 is 19.4 Å². The molecule has 0 aliphatic carbocycles. The van der Waals surface area contributed by atoms with Crippen LogP contribution in [0.4, 0.5) is 0 Å². The van der Waals surface area contributed by atoms with Crippen LogP contribution < -0.4 is 0 Å². The number of aliphatic carboxylic acids is 1. The third-order valence-electron chi connectivity index (χ3n) is 2.95. The maximum Gasteiger partial charge on any atom is 0.330 e. The van der Waals surface area contributed by atoms with Crippen LogP contribution in [0.2, 0.25) is 0 Å². The number of pyridine rings is 2. The van der Waals surface area contributed by atoms with Gasteiger partial charge in [-0.25, -0.2) is 9.59 Å². The third-order valence-corrected chi connectivity index (χ3v) is 2.95. The van der Waals surface area contributed by atoms with Gasteiger partial charge in [-0.1, -0.05) is 12.1 Å². The Labute approximate surface area is 139 Å². The van der Waals surface area contributed by atoms with E-state index < -0.39 is 11.9 Å². The molecule has 6 heteroatoms. The number of carboxylic acids is 1. The molecule has 0 aliphatic rings. The number of carbonyl (C=O) groups excluding carboxylic acids is 1. The summed E-state index contributed by atoms with van der Waals surface area (Å²) >= 11 is 0. The molecule has 2 aromatic heterocycles. The maximum atomic E-state index is 11.3. The number of nitrogens with zero attached hydrogens (tertiary/aromatic N) is 2. The van der Waals surface area contributed by atoms with Crippen LogP contribution in [0.5, 0.6) is 0 Å². The molecule has 0 spiro atoms. The van der Waals surface area contributed by atoms with Crippen LogP contribution in [0.1, 0.15) is 18.1 Å². The van der Waals surface area contributed by atoms with Gasteiger partial charge >= 0.3 is 11.9 Å². The highest BCUT2D eigenvalue weighted by atomic mass is 16.5. The van der Waals surface area contributed by atoms with Crippen molar-refractivity contribution in [3.05, 3.63) is 59.9 Å². The van der Waals surface area contributed by atoms with Crippen LogP contribution in [0, 0.1) is 0 Å². The van der Waals surface area contributed by atoms with Gasteiger partial charge in [0.2, 0.25) is 0 Å². The fourth-order valence-corrected chi connectivity index (χ4v) is 1.83. The average molecular weight is 324 g/mol. The summed E-state index contributed by atoms with van der Waals surface area (Å²) in [7, 11) is 0. The zero-order valence-electron chi connectivity index (χ0n) is 13.0. The fraction of sp³-hybridized carbons (Fsp3) is 0.111. The average Bonchev–Trinajstić information content (AvgIpc) is 2.59. The Bertz CT molecular complexity index is 763. The fourth-order valence-electron chi connectivity index (χ4n) is 1.83. The van der Waals surface area contributed by atoms with Crippen LogP contribution in [0.25, 0.3) is 23.5 Å². The molecule has 0 amide bonds. The van der Waals surface area contributed by atoms with Gasteiger partial charge < -0.3 is 9.84 Å². The molecule has 0 aliphatic heterocycles. The van der Waals surface area contributed by atoms with Gasteiger partial charge in [-0.3, -0.25) is 9.97 Å². The van der Waals surface area contributed by atoms with Gasteiger partial charge in [-0.2, -0.15) is 0 Å². The van der Waals surface area contributed by atoms with E-state index in [2.05, 4.69) is 9.97 Å². The van der Waals surface area contributed by atoms with Crippen molar-refractivity contribution in [2.75, 3.05) is 6.61 Å². The van der Waals surface area contributed by atoms with Gasteiger partial charge in [0, 0.05) is 24.5 Å². The second-order valence-electron chi connectivity index (χ2n) is 4.71. The lowest BCUT2D eigenvalue weighted by Gasteiger charge is -2.01. The Balaban J connectivity index is 2.07. The summed E-state index contributed by atoms with van der Waals surface area (Å²) in [5.74, 6) is -1.40. The van der Waals surface area contributed by atoms with E-state index in [1.807, 2.05) is 6.07 Å². The van der Waals surface area contributed by atoms with Gasteiger partial charge in [0.25, 0.3) is 0 Å². The van der Waals surface area contributed by atoms with E-state index >= 15 is 0 Å². The predicted molar refractivity (Wildman–Crippen MR) is 89.8 cm³/mol. The Morgan fingerprint density at radius 1 is 1.00 bits per heavy atom. The first-order chi connectivity index (χ1) is 11.6. The lowest BCUT2D eigenvalue weighted by Crippen LogP contribution is -1.98. The molecule has 2 aromatic rings. The minimum atomic E-state index is -1.01. The van der Waals surface area contributed by atoms with Crippen molar-refractivity contribution in [1.82, 2.24) is 9.97 Å². The molecular formula is C18H16N2O4. The lowest BCUT2D eigenvalue weighted by atomic mass is 10.2. The Kier molecular flexibility index (Phi) is 5.96. The summed E-state index contributed by atoms with van der Waals surface area (Å²) in [6.45, 7) is 2.08. The molecule has 0 bridgehead atoms. The molecule has 0 aromatic carbocycles. The SMILES string of the molecule is CCOC(=O)C=Cc1ccc(-c2ccc(C=CC(=O)O)cn2)nc1. The van der Waals surface area contributed by atoms with E-state index in [-0.39, 0.29) is 0 Å². The molecule has 0 fully saturated rings. The highest BCUT2D eigenvalue weighted by molar-refractivity contribution is 5.87. The maximum absolute atomic E-state index is 11.3. The number of esters is 1. The smallest absolute Gasteiger partial charge is 0.330 e. The Morgan fingerprint density at radius 3 is 1.96 bits per heavy atom. The van der Waals surface area contributed by atoms with E-state index in [0.717, 1.165) is 11.6 Å². The molecule has 24 heavy (non-hydrogen) atoms. The normalized spacial score (nSPS) is 11.0. The first-order valence-corrected chi connectivity index (χ1v) is 7.27. The first-order valence-electron chi connectivity index (χ1n) is 7.27. The summed E-state index contributed by atoms with van der Waals surface area (Å²) in [5, 5.41) is 8.59. The van der Waals surface area contributed by atoms with Gasteiger partial charge in [0.1, 0.15) is 0 Å². The van der Waals surface area contributed by atoms with Crippen molar-refractivity contribution in [3.63, 3.8) is 0 Å². The van der Waals surface area contributed by atoms with Gasteiger partial charge in [-0.15, -0.1) is 0 Å². The van der Waals surface area contributed by atoms with Crippen molar-refractivity contribution in [2.24, 2.45) is 0 Å². The van der Waals surface area contributed by atoms with Crippen LogP contribution in [-0.4, -0.2) is 33.6 Å². The highest BCUT2D eigenvalue weighted by Crippen LogP contribution is 2.16. The molecular weight excluding hydrogens is 308 g/mol. The molecule has 2 heterocycles. The zero-order valence-corrected chi connectivity index (χ0v) is 13.0. The number of hydrogen-bond acceptors (Lipinski definition) is 5. The lowest BCUT2D eigenvalue weighted by molar-refractivity contribution is -0.137. The number of carbonyl (C=O) groups is 2. The van der Waals surface area contributed by atoms with E-state index in [1.165, 1.54) is 12.2 Å². The molecule has 0 radical (unpaired) electrons. The molecule has 6 nitrogen and oxygen atoms in total. The largest absolute Gasteiger partial charge is 0.478 e.